The highest BCUT2D eigenvalue weighted by Gasteiger charge is 2.20. The molecule has 0 aliphatic rings. The van der Waals surface area contributed by atoms with E-state index < -0.39 is 16.7 Å². The van der Waals surface area contributed by atoms with Crippen LogP contribution in [0.3, 0.4) is 0 Å². The van der Waals surface area contributed by atoms with E-state index in [0.717, 1.165) is 0 Å². The molecule has 0 aromatic heterocycles. The molecule has 0 saturated carbocycles. The third kappa shape index (κ3) is 6.33. The second-order valence-electron chi connectivity index (χ2n) is 6.17. The number of benzene rings is 2. The van der Waals surface area contributed by atoms with Crippen LogP contribution in [0.5, 0.6) is 17.2 Å². The second kappa shape index (κ2) is 11.4. The number of nitrogens with zero attached hydrogens (tertiary/aromatic N) is 1. The lowest BCUT2D eigenvalue weighted by atomic mass is 10.1. The van der Waals surface area contributed by atoms with Crippen molar-refractivity contribution in [1.82, 2.24) is 10.9 Å². The Morgan fingerprint density at radius 1 is 0.935 bits per heavy atom. The maximum absolute atomic E-state index is 12.6. The highest BCUT2D eigenvalue weighted by Crippen LogP contribution is 2.39. The lowest BCUT2D eigenvalue weighted by Gasteiger charge is -2.17. The zero-order valence-electron chi connectivity index (χ0n) is 17.6. The summed E-state index contributed by atoms with van der Waals surface area (Å²) in [5.74, 6) is -0.147. The molecule has 0 radical (unpaired) electrons. The first-order chi connectivity index (χ1) is 14.9. The van der Waals surface area contributed by atoms with Crippen LogP contribution in [0.1, 0.15) is 36.7 Å². The third-order valence-electron chi connectivity index (χ3n) is 4.03. The molecule has 0 heterocycles. The monoisotopic (exact) mass is 431 g/mol. The molecular weight excluding hydrogens is 406 g/mol. The number of hydrogen-bond acceptors (Lipinski definition) is 7. The minimum Gasteiger partial charge on any atom is -0.490 e. The van der Waals surface area contributed by atoms with Crippen LogP contribution in [0.4, 0.5) is 5.69 Å². The molecule has 0 fully saturated rings. The summed E-state index contributed by atoms with van der Waals surface area (Å²) in [6, 6.07) is 8.87. The molecule has 0 unspecified atom stereocenters. The number of ether oxygens (including phenoxy) is 3. The number of carbonyl (C=O) groups is 2. The van der Waals surface area contributed by atoms with Gasteiger partial charge >= 0.3 is 0 Å². The number of para-hydroxylation sites is 1. The molecule has 10 nitrogen and oxygen atoms in total. The molecule has 0 aliphatic heterocycles. The number of nitro groups is 1. The van der Waals surface area contributed by atoms with Crippen molar-refractivity contribution in [3.05, 3.63) is 57.6 Å². The molecule has 0 aliphatic carbocycles. The lowest BCUT2D eigenvalue weighted by molar-refractivity contribution is -0.385. The van der Waals surface area contributed by atoms with E-state index in [1.165, 1.54) is 30.3 Å². The van der Waals surface area contributed by atoms with Gasteiger partial charge in [0.25, 0.3) is 11.6 Å². The van der Waals surface area contributed by atoms with Crippen molar-refractivity contribution in [2.45, 2.75) is 27.2 Å². The van der Waals surface area contributed by atoms with Crippen LogP contribution < -0.4 is 25.1 Å². The van der Waals surface area contributed by atoms with E-state index in [4.69, 9.17) is 14.2 Å². The van der Waals surface area contributed by atoms with Gasteiger partial charge < -0.3 is 14.2 Å². The first-order valence-corrected chi connectivity index (χ1v) is 9.79. The SMILES string of the molecule is CCOc1cc(C(=O)NNC(=O)Cc2ccccc2[N+](=O)[O-])cc(OCC)c1OCC. The number of hydrogen-bond donors (Lipinski definition) is 2. The Kier molecular flexibility index (Phi) is 8.62. The topological polar surface area (TPSA) is 129 Å². The van der Waals surface area contributed by atoms with Gasteiger partial charge in [-0.1, -0.05) is 18.2 Å². The molecule has 2 N–H and O–H groups in total. The number of carbonyl (C=O) groups excluding carboxylic acids is 2. The van der Waals surface area contributed by atoms with Gasteiger partial charge in [0.15, 0.2) is 11.5 Å². The highest BCUT2D eigenvalue weighted by molar-refractivity contribution is 5.96. The van der Waals surface area contributed by atoms with Gasteiger partial charge in [-0.15, -0.1) is 0 Å². The number of rotatable bonds is 10. The third-order valence-corrected chi connectivity index (χ3v) is 4.03. The van der Waals surface area contributed by atoms with E-state index in [9.17, 15) is 19.7 Å². The van der Waals surface area contributed by atoms with Crippen LogP contribution in [0.2, 0.25) is 0 Å². The first-order valence-electron chi connectivity index (χ1n) is 9.79. The minimum absolute atomic E-state index is 0.168. The maximum Gasteiger partial charge on any atom is 0.273 e. The Hall–Kier alpha value is -3.82. The van der Waals surface area contributed by atoms with Gasteiger partial charge in [-0.25, -0.2) is 0 Å². The van der Waals surface area contributed by atoms with Crippen molar-refractivity contribution in [1.29, 1.82) is 0 Å². The molecule has 10 heteroatoms. The fraction of sp³-hybridized carbons (Fsp3) is 0.333. The summed E-state index contributed by atoms with van der Waals surface area (Å²) in [6.07, 6.45) is -0.269. The molecule has 2 aromatic rings. The Balaban J connectivity index is 2.14. The molecular formula is C21H25N3O7. The predicted octanol–water partition coefficient (Wildman–Crippen LogP) is 2.79. The Morgan fingerprint density at radius 3 is 2.06 bits per heavy atom. The van der Waals surface area contributed by atoms with Crippen LogP contribution in [-0.4, -0.2) is 36.6 Å². The fourth-order valence-corrected chi connectivity index (χ4v) is 2.77. The van der Waals surface area contributed by atoms with E-state index in [1.54, 1.807) is 19.9 Å². The molecule has 0 saturated heterocycles. The van der Waals surface area contributed by atoms with Crippen LogP contribution in [-0.2, 0) is 11.2 Å². The van der Waals surface area contributed by atoms with E-state index >= 15 is 0 Å². The molecule has 2 rings (SSSR count). The quantitative estimate of drug-likeness (QED) is 0.437. The van der Waals surface area contributed by atoms with E-state index in [1.807, 2.05) is 6.92 Å². The smallest absolute Gasteiger partial charge is 0.273 e. The second-order valence-corrected chi connectivity index (χ2v) is 6.17. The zero-order valence-corrected chi connectivity index (χ0v) is 17.6. The molecule has 0 spiro atoms. The summed E-state index contributed by atoms with van der Waals surface area (Å²) < 4.78 is 16.7. The largest absolute Gasteiger partial charge is 0.490 e. The zero-order chi connectivity index (χ0) is 22.8. The highest BCUT2D eigenvalue weighted by atomic mass is 16.6. The Labute approximate surface area is 179 Å². The Morgan fingerprint density at radius 2 is 1.52 bits per heavy atom. The molecule has 0 bridgehead atoms. The van der Waals surface area contributed by atoms with Crippen molar-refractivity contribution in [2.75, 3.05) is 19.8 Å². The van der Waals surface area contributed by atoms with Gasteiger partial charge in [-0.3, -0.25) is 30.6 Å². The van der Waals surface area contributed by atoms with Crippen molar-refractivity contribution < 1.29 is 28.7 Å². The molecule has 0 atom stereocenters. The maximum atomic E-state index is 12.6. The van der Waals surface area contributed by atoms with Crippen molar-refractivity contribution in [3.63, 3.8) is 0 Å². The van der Waals surface area contributed by atoms with E-state index in [0.29, 0.717) is 37.1 Å². The van der Waals surface area contributed by atoms with Gasteiger partial charge in [0.2, 0.25) is 11.7 Å². The summed E-state index contributed by atoms with van der Waals surface area (Å²) in [4.78, 5) is 35.3. The van der Waals surface area contributed by atoms with E-state index in [2.05, 4.69) is 10.9 Å². The molecule has 31 heavy (non-hydrogen) atoms. The van der Waals surface area contributed by atoms with Gasteiger partial charge in [0.1, 0.15) is 0 Å². The van der Waals surface area contributed by atoms with Crippen LogP contribution >= 0.6 is 0 Å². The Bertz CT molecular complexity index is 919. The van der Waals surface area contributed by atoms with Crippen molar-refractivity contribution in [3.8, 4) is 17.2 Å². The average Bonchev–Trinajstić information content (AvgIpc) is 2.74. The predicted molar refractivity (Wildman–Crippen MR) is 112 cm³/mol. The average molecular weight is 431 g/mol. The van der Waals surface area contributed by atoms with Gasteiger partial charge in [0.05, 0.1) is 31.2 Å². The van der Waals surface area contributed by atoms with E-state index in [-0.39, 0.29) is 23.2 Å². The molecule has 2 amide bonds. The van der Waals surface area contributed by atoms with Crippen LogP contribution in [0.25, 0.3) is 0 Å². The number of amides is 2. The standard InChI is InChI=1S/C21H25N3O7/c1-4-29-17-11-15(12-18(30-5-2)20(17)31-6-3)21(26)23-22-19(25)13-14-9-7-8-10-16(14)24(27)28/h7-12H,4-6,13H2,1-3H3,(H,22,25)(H,23,26). The molecule has 2 aromatic carbocycles. The minimum atomic E-state index is -0.610. The van der Waals surface area contributed by atoms with Gasteiger partial charge in [-0.2, -0.15) is 0 Å². The lowest BCUT2D eigenvalue weighted by Crippen LogP contribution is -2.42. The van der Waals surface area contributed by atoms with Crippen molar-refractivity contribution in [2.24, 2.45) is 0 Å². The number of nitro benzene ring substituents is 1. The van der Waals surface area contributed by atoms with Crippen LogP contribution in [0.15, 0.2) is 36.4 Å². The van der Waals surface area contributed by atoms with Gasteiger partial charge in [-0.05, 0) is 32.9 Å². The summed E-state index contributed by atoms with van der Waals surface area (Å²) in [5, 5.41) is 11.1. The fourth-order valence-electron chi connectivity index (χ4n) is 2.77. The summed E-state index contributed by atoms with van der Waals surface area (Å²) in [5.41, 5.74) is 4.81. The van der Waals surface area contributed by atoms with Crippen LogP contribution in [0, 0.1) is 10.1 Å². The summed E-state index contributed by atoms with van der Waals surface area (Å²) in [7, 11) is 0. The number of hydrazine groups is 1. The van der Waals surface area contributed by atoms with Crippen molar-refractivity contribution >= 4 is 17.5 Å². The summed E-state index contributed by atoms with van der Waals surface area (Å²) >= 11 is 0. The number of nitrogens with one attached hydrogen (secondary N) is 2. The normalized spacial score (nSPS) is 10.2. The summed E-state index contributed by atoms with van der Waals surface area (Å²) in [6.45, 7) is 6.50. The first kappa shape index (κ1) is 23.5. The molecule has 166 valence electrons. The van der Waals surface area contributed by atoms with Gasteiger partial charge in [0, 0.05) is 17.2 Å².